The number of aromatic nitrogens is 1. The number of fused-ring (bicyclic) bond motifs is 3. The quantitative estimate of drug-likeness (QED) is 0.799. The topological polar surface area (TPSA) is 34.0 Å². The van der Waals surface area contributed by atoms with Crippen LogP contribution < -0.4 is 5.32 Å². The first-order valence-corrected chi connectivity index (χ1v) is 6.13. The molecule has 3 rings (SSSR count). The molecule has 0 saturated carbocycles. The Hall–Kier alpha value is -1.77. The highest BCUT2D eigenvalue weighted by atomic mass is 16.2. The summed E-state index contributed by atoms with van der Waals surface area (Å²) in [7, 11) is 0. The number of aryl methyl sites for hydroxylation is 1. The van der Waals surface area contributed by atoms with Gasteiger partial charge in [0.2, 0.25) is 0 Å². The van der Waals surface area contributed by atoms with E-state index >= 15 is 0 Å². The first-order chi connectivity index (χ1) is 8.22. The molecule has 0 saturated heterocycles. The van der Waals surface area contributed by atoms with Crippen LogP contribution >= 0.6 is 0 Å². The number of carbonyl (C=O) groups is 1. The molecule has 88 valence electrons. The molecule has 1 unspecified atom stereocenters. The number of para-hydroxylation sites is 1. The third-order valence-corrected chi connectivity index (χ3v) is 3.56. The average Bonchev–Trinajstić information content (AvgIpc) is 2.74. The van der Waals surface area contributed by atoms with Gasteiger partial charge in [0.1, 0.15) is 5.69 Å². The fourth-order valence-electron chi connectivity index (χ4n) is 2.70. The molecule has 0 fully saturated rings. The van der Waals surface area contributed by atoms with Crippen LogP contribution in [0.25, 0.3) is 10.9 Å². The van der Waals surface area contributed by atoms with Crippen LogP contribution in [0.4, 0.5) is 0 Å². The second kappa shape index (κ2) is 3.62. The Kier molecular flexibility index (Phi) is 2.21. The predicted molar refractivity (Wildman–Crippen MR) is 68.4 cm³/mol. The van der Waals surface area contributed by atoms with Crippen LogP contribution in [-0.2, 0) is 6.42 Å². The Morgan fingerprint density at radius 3 is 3.06 bits per heavy atom. The van der Waals surface area contributed by atoms with Gasteiger partial charge in [0.15, 0.2) is 0 Å². The summed E-state index contributed by atoms with van der Waals surface area (Å²) in [5.41, 5.74) is 3.34. The van der Waals surface area contributed by atoms with E-state index in [1.54, 1.807) is 0 Å². The van der Waals surface area contributed by atoms with E-state index in [2.05, 4.69) is 41.9 Å². The minimum Gasteiger partial charge on any atom is -0.349 e. The van der Waals surface area contributed by atoms with Crippen LogP contribution in [-0.4, -0.2) is 17.0 Å². The van der Waals surface area contributed by atoms with Gasteiger partial charge in [0.05, 0.1) is 5.52 Å². The molecule has 2 aromatic rings. The number of rotatable bonds is 1. The predicted octanol–water partition coefficient (Wildman–Crippen LogP) is 2.51. The van der Waals surface area contributed by atoms with E-state index in [1.165, 1.54) is 16.5 Å². The molecule has 1 aliphatic heterocycles. The normalized spacial score (nSPS) is 19.2. The minimum atomic E-state index is 0.0429. The highest BCUT2D eigenvalue weighted by Crippen LogP contribution is 2.29. The Labute approximate surface area is 100 Å². The standard InChI is InChI=1S/C14H16N2O/c1-3-10-5-4-6-11-7-12-14(17)15-8-9(2)16(12)13(10)11/h4-7,9H,3,8H2,1-2H3,(H,15,17). The number of benzene rings is 1. The van der Waals surface area contributed by atoms with Crippen molar-refractivity contribution in [3.05, 3.63) is 35.5 Å². The Bertz CT molecular complexity index is 598. The van der Waals surface area contributed by atoms with Crippen molar-refractivity contribution in [2.45, 2.75) is 26.3 Å². The summed E-state index contributed by atoms with van der Waals surface area (Å²) in [6, 6.07) is 8.62. The largest absolute Gasteiger partial charge is 0.349 e. The molecule has 3 nitrogen and oxygen atoms in total. The molecular weight excluding hydrogens is 212 g/mol. The minimum absolute atomic E-state index is 0.0429. The van der Waals surface area contributed by atoms with Crippen LogP contribution in [0.1, 0.15) is 35.9 Å². The number of nitrogens with zero attached hydrogens (tertiary/aromatic N) is 1. The fourth-order valence-corrected chi connectivity index (χ4v) is 2.70. The van der Waals surface area contributed by atoms with E-state index in [1.807, 2.05) is 6.07 Å². The average molecular weight is 228 g/mol. The number of nitrogens with one attached hydrogen (secondary N) is 1. The van der Waals surface area contributed by atoms with E-state index in [0.29, 0.717) is 12.6 Å². The zero-order valence-corrected chi connectivity index (χ0v) is 10.2. The van der Waals surface area contributed by atoms with Crippen molar-refractivity contribution >= 4 is 16.8 Å². The molecule has 1 N–H and O–H groups in total. The molecule has 17 heavy (non-hydrogen) atoms. The van der Waals surface area contributed by atoms with Gasteiger partial charge in [-0.25, -0.2) is 0 Å². The third-order valence-electron chi connectivity index (χ3n) is 3.56. The molecule has 1 aromatic carbocycles. The number of hydrogen-bond acceptors (Lipinski definition) is 1. The molecule has 1 atom stereocenters. The first-order valence-electron chi connectivity index (χ1n) is 6.13. The van der Waals surface area contributed by atoms with Crippen LogP contribution in [0.5, 0.6) is 0 Å². The second-order valence-corrected chi connectivity index (χ2v) is 4.67. The van der Waals surface area contributed by atoms with Crippen molar-refractivity contribution in [1.29, 1.82) is 0 Å². The lowest BCUT2D eigenvalue weighted by Crippen LogP contribution is -2.37. The van der Waals surface area contributed by atoms with Crippen LogP contribution in [0.15, 0.2) is 24.3 Å². The van der Waals surface area contributed by atoms with Crippen LogP contribution in [0.3, 0.4) is 0 Å². The van der Waals surface area contributed by atoms with Crippen LogP contribution in [0.2, 0.25) is 0 Å². The van der Waals surface area contributed by atoms with Crippen molar-refractivity contribution in [3.63, 3.8) is 0 Å². The lowest BCUT2D eigenvalue weighted by molar-refractivity contribution is 0.0919. The van der Waals surface area contributed by atoms with E-state index in [0.717, 1.165) is 12.1 Å². The maximum absolute atomic E-state index is 11.9. The number of hydrogen-bond donors (Lipinski definition) is 1. The molecule has 0 spiro atoms. The fraction of sp³-hybridized carbons (Fsp3) is 0.357. The lowest BCUT2D eigenvalue weighted by Gasteiger charge is -2.24. The van der Waals surface area contributed by atoms with Gasteiger partial charge in [-0.2, -0.15) is 0 Å². The van der Waals surface area contributed by atoms with Crippen molar-refractivity contribution in [1.82, 2.24) is 9.88 Å². The summed E-state index contributed by atoms with van der Waals surface area (Å²) in [6.07, 6.45) is 0.995. The van der Waals surface area contributed by atoms with E-state index in [9.17, 15) is 4.79 Å². The third kappa shape index (κ3) is 1.38. The Balaban J connectivity index is 2.39. The Morgan fingerprint density at radius 1 is 1.47 bits per heavy atom. The van der Waals surface area contributed by atoms with Crippen molar-refractivity contribution in [2.75, 3.05) is 6.54 Å². The number of amides is 1. The molecule has 0 bridgehead atoms. The van der Waals surface area contributed by atoms with E-state index in [-0.39, 0.29) is 5.91 Å². The van der Waals surface area contributed by atoms with Gasteiger partial charge in [-0.05, 0) is 25.0 Å². The van der Waals surface area contributed by atoms with Gasteiger partial charge < -0.3 is 9.88 Å². The summed E-state index contributed by atoms with van der Waals surface area (Å²) in [5.74, 6) is 0.0429. The maximum atomic E-state index is 11.9. The smallest absolute Gasteiger partial charge is 0.268 e. The van der Waals surface area contributed by atoms with Gasteiger partial charge in [-0.3, -0.25) is 4.79 Å². The first kappa shape index (κ1) is 10.4. The molecule has 1 aliphatic rings. The highest BCUT2D eigenvalue weighted by molar-refractivity contribution is 6.00. The summed E-state index contributed by atoms with van der Waals surface area (Å²) in [6.45, 7) is 5.02. The molecule has 1 aromatic heterocycles. The summed E-state index contributed by atoms with van der Waals surface area (Å²) in [4.78, 5) is 11.9. The summed E-state index contributed by atoms with van der Waals surface area (Å²) < 4.78 is 2.19. The second-order valence-electron chi connectivity index (χ2n) is 4.67. The van der Waals surface area contributed by atoms with Gasteiger partial charge in [-0.15, -0.1) is 0 Å². The molecule has 1 amide bonds. The SMILES string of the molecule is CCc1cccc2cc3n(c12)C(C)CNC3=O. The van der Waals surface area contributed by atoms with Gasteiger partial charge in [0, 0.05) is 18.0 Å². The molecule has 3 heteroatoms. The van der Waals surface area contributed by atoms with Gasteiger partial charge in [-0.1, -0.05) is 25.1 Å². The van der Waals surface area contributed by atoms with E-state index < -0.39 is 0 Å². The zero-order chi connectivity index (χ0) is 12.0. The summed E-state index contributed by atoms with van der Waals surface area (Å²) >= 11 is 0. The monoisotopic (exact) mass is 228 g/mol. The highest BCUT2D eigenvalue weighted by Gasteiger charge is 2.24. The van der Waals surface area contributed by atoms with Gasteiger partial charge >= 0.3 is 0 Å². The summed E-state index contributed by atoms with van der Waals surface area (Å²) in [5, 5.41) is 4.10. The van der Waals surface area contributed by atoms with Crippen molar-refractivity contribution in [2.24, 2.45) is 0 Å². The zero-order valence-electron chi connectivity index (χ0n) is 10.2. The van der Waals surface area contributed by atoms with Gasteiger partial charge in [0.25, 0.3) is 5.91 Å². The maximum Gasteiger partial charge on any atom is 0.268 e. The van der Waals surface area contributed by atoms with Crippen LogP contribution in [0, 0.1) is 0 Å². The van der Waals surface area contributed by atoms with E-state index in [4.69, 9.17) is 0 Å². The molecular formula is C14H16N2O. The molecule has 0 aliphatic carbocycles. The molecule has 2 heterocycles. The molecule has 0 radical (unpaired) electrons. The van der Waals surface area contributed by atoms with Crippen molar-refractivity contribution in [3.8, 4) is 0 Å². The van der Waals surface area contributed by atoms with Crippen molar-refractivity contribution < 1.29 is 4.79 Å². The number of carbonyl (C=O) groups excluding carboxylic acids is 1. The lowest BCUT2D eigenvalue weighted by atomic mass is 10.1. The Morgan fingerprint density at radius 2 is 2.29 bits per heavy atom.